The van der Waals surface area contributed by atoms with Crippen LogP contribution in [0, 0.1) is 6.92 Å². The summed E-state index contributed by atoms with van der Waals surface area (Å²) in [5, 5.41) is 0. The molecule has 0 saturated heterocycles. The molecule has 0 aliphatic carbocycles. The van der Waals surface area contributed by atoms with Crippen LogP contribution >= 0.6 is 11.3 Å². The van der Waals surface area contributed by atoms with Crippen molar-refractivity contribution >= 4 is 11.3 Å². The topological polar surface area (TPSA) is 25.8 Å². The Morgan fingerprint density at radius 1 is 1.42 bits per heavy atom. The highest BCUT2D eigenvalue weighted by Crippen LogP contribution is 2.22. The van der Waals surface area contributed by atoms with E-state index in [1.807, 2.05) is 23.8 Å². The second-order valence-corrected chi connectivity index (χ2v) is 3.56. The van der Waals surface area contributed by atoms with E-state index in [1.54, 1.807) is 17.5 Å². The lowest BCUT2D eigenvalue weighted by atomic mass is 10.2. The first-order valence-electron chi connectivity index (χ1n) is 3.68. The van der Waals surface area contributed by atoms with Crippen LogP contribution in [0.25, 0.3) is 11.3 Å². The largest absolute Gasteiger partial charge is 0.264 e. The van der Waals surface area contributed by atoms with E-state index in [2.05, 4.69) is 16.9 Å². The molecule has 2 aromatic rings. The van der Waals surface area contributed by atoms with Crippen LogP contribution in [-0.2, 0) is 0 Å². The van der Waals surface area contributed by atoms with Crippen molar-refractivity contribution in [2.45, 2.75) is 6.92 Å². The summed E-state index contributed by atoms with van der Waals surface area (Å²) >= 11 is 1.66. The second-order valence-electron chi connectivity index (χ2n) is 2.50. The van der Waals surface area contributed by atoms with Crippen molar-refractivity contribution in [3.05, 3.63) is 34.9 Å². The average Bonchev–Trinajstić information content (AvgIpc) is 2.53. The van der Waals surface area contributed by atoms with Crippen molar-refractivity contribution in [3.8, 4) is 11.3 Å². The van der Waals surface area contributed by atoms with Gasteiger partial charge in [-0.2, -0.15) is 0 Å². The van der Waals surface area contributed by atoms with Gasteiger partial charge < -0.3 is 0 Å². The van der Waals surface area contributed by atoms with Gasteiger partial charge in [-0.15, -0.1) is 11.3 Å². The zero-order valence-electron chi connectivity index (χ0n) is 6.69. The van der Waals surface area contributed by atoms with Gasteiger partial charge in [0.05, 0.1) is 11.2 Å². The smallest absolute Gasteiger partial charge is 0.0855 e. The number of pyridine rings is 1. The summed E-state index contributed by atoms with van der Waals surface area (Å²) in [6, 6.07) is 3.95. The Labute approximate surface area is 74.9 Å². The molecule has 0 bridgehead atoms. The van der Waals surface area contributed by atoms with Gasteiger partial charge in [0.1, 0.15) is 0 Å². The van der Waals surface area contributed by atoms with Gasteiger partial charge in [0.2, 0.25) is 0 Å². The first-order chi connectivity index (χ1) is 5.88. The van der Waals surface area contributed by atoms with Gasteiger partial charge in [-0.05, 0) is 19.1 Å². The monoisotopic (exact) mass is 176 g/mol. The predicted molar refractivity (Wildman–Crippen MR) is 50.1 cm³/mol. The predicted octanol–water partition coefficient (Wildman–Crippen LogP) is 2.51. The molecule has 0 unspecified atom stereocenters. The number of hydrogen-bond donors (Lipinski definition) is 0. The third-order valence-corrected chi connectivity index (χ3v) is 2.44. The molecule has 2 heterocycles. The molecule has 60 valence electrons. The molecule has 2 nitrogen and oxygen atoms in total. The van der Waals surface area contributed by atoms with E-state index >= 15 is 0 Å². The first kappa shape index (κ1) is 7.43. The summed E-state index contributed by atoms with van der Waals surface area (Å²) in [7, 11) is 0. The molecule has 12 heavy (non-hydrogen) atoms. The number of hydrogen-bond acceptors (Lipinski definition) is 3. The zero-order valence-corrected chi connectivity index (χ0v) is 7.51. The quantitative estimate of drug-likeness (QED) is 0.667. The van der Waals surface area contributed by atoms with Crippen molar-refractivity contribution in [2.75, 3.05) is 0 Å². The summed E-state index contributed by atoms with van der Waals surface area (Å²) in [6.45, 7) is 2.07. The summed E-state index contributed by atoms with van der Waals surface area (Å²) < 4.78 is 0. The number of rotatable bonds is 1. The molecule has 0 aliphatic rings. The molecule has 0 amide bonds. The maximum atomic E-state index is 4.26. The molecule has 0 fully saturated rings. The SMILES string of the molecule is Cc1scnc1-c1cccnc1. The van der Waals surface area contributed by atoms with Crippen molar-refractivity contribution in [1.82, 2.24) is 9.97 Å². The molecule has 2 rings (SSSR count). The minimum absolute atomic E-state index is 1.05. The highest BCUT2D eigenvalue weighted by Gasteiger charge is 2.02. The minimum atomic E-state index is 1.05. The molecule has 0 aliphatic heterocycles. The molecule has 3 heteroatoms. The van der Waals surface area contributed by atoms with Crippen LogP contribution in [0.1, 0.15) is 4.88 Å². The number of aromatic nitrogens is 2. The summed E-state index contributed by atoms with van der Waals surface area (Å²) in [4.78, 5) is 9.55. The van der Waals surface area contributed by atoms with E-state index in [4.69, 9.17) is 0 Å². The molecular weight excluding hydrogens is 168 g/mol. The van der Waals surface area contributed by atoms with E-state index in [0.717, 1.165) is 11.3 Å². The second kappa shape index (κ2) is 3.03. The molecule has 0 spiro atoms. The Morgan fingerprint density at radius 3 is 2.92 bits per heavy atom. The molecule has 0 radical (unpaired) electrons. The fraction of sp³-hybridized carbons (Fsp3) is 0.111. The molecular formula is C9H8N2S. The van der Waals surface area contributed by atoms with Gasteiger partial charge in [-0.1, -0.05) is 0 Å². The Bertz CT molecular complexity index is 367. The van der Waals surface area contributed by atoms with Crippen LogP contribution in [0.3, 0.4) is 0 Å². The molecule has 0 N–H and O–H groups in total. The van der Waals surface area contributed by atoms with Crippen LogP contribution in [0.4, 0.5) is 0 Å². The first-order valence-corrected chi connectivity index (χ1v) is 4.56. The van der Waals surface area contributed by atoms with E-state index in [9.17, 15) is 0 Å². The van der Waals surface area contributed by atoms with Crippen LogP contribution in [0.5, 0.6) is 0 Å². The van der Waals surface area contributed by atoms with Gasteiger partial charge in [0.15, 0.2) is 0 Å². The van der Waals surface area contributed by atoms with Crippen molar-refractivity contribution in [1.29, 1.82) is 0 Å². The number of aryl methyl sites for hydroxylation is 1. The third kappa shape index (κ3) is 1.23. The highest BCUT2D eigenvalue weighted by molar-refractivity contribution is 7.10. The minimum Gasteiger partial charge on any atom is -0.264 e. The standard InChI is InChI=1S/C9H8N2S/c1-7-9(11-6-12-7)8-3-2-4-10-5-8/h2-6H,1H3. The zero-order chi connectivity index (χ0) is 8.39. The molecule has 0 atom stereocenters. The lowest BCUT2D eigenvalue weighted by Crippen LogP contribution is -1.80. The average molecular weight is 176 g/mol. The fourth-order valence-electron chi connectivity index (χ4n) is 1.09. The van der Waals surface area contributed by atoms with Gasteiger partial charge in [-0.3, -0.25) is 4.98 Å². The third-order valence-electron chi connectivity index (χ3n) is 1.68. The van der Waals surface area contributed by atoms with E-state index in [1.165, 1.54) is 4.88 Å². The van der Waals surface area contributed by atoms with E-state index in [-0.39, 0.29) is 0 Å². The van der Waals surface area contributed by atoms with Crippen molar-refractivity contribution < 1.29 is 0 Å². The summed E-state index contributed by atoms with van der Waals surface area (Å²) in [6.07, 6.45) is 3.60. The van der Waals surface area contributed by atoms with Crippen LogP contribution < -0.4 is 0 Å². The van der Waals surface area contributed by atoms with Gasteiger partial charge in [0.25, 0.3) is 0 Å². The lowest BCUT2D eigenvalue weighted by Gasteiger charge is -1.95. The summed E-state index contributed by atoms with van der Waals surface area (Å²) in [5.74, 6) is 0. The maximum Gasteiger partial charge on any atom is 0.0855 e. The van der Waals surface area contributed by atoms with E-state index in [0.29, 0.717) is 0 Å². The number of nitrogens with zero attached hydrogens (tertiary/aromatic N) is 2. The summed E-state index contributed by atoms with van der Waals surface area (Å²) in [5.41, 5.74) is 4.00. The van der Waals surface area contributed by atoms with Crippen LogP contribution in [0.15, 0.2) is 30.0 Å². The fourth-order valence-corrected chi connectivity index (χ4v) is 1.68. The Morgan fingerprint density at radius 2 is 2.33 bits per heavy atom. The maximum absolute atomic E-state index is 4.26. The van der Waals surface area contributed by atoms with Crippen LogP contribution in [-0.4, -0.2) is 9.97 Å². The normalized spacial score (nSPS) is 10.1. The van der Waals surface area contributed by atoms with E-state index < -0.39 is 0 Å². The van der Waals surface area contributed by atoms with Crippen molar-refractivity contribution in [2.24, 2.45) is 0 Å². The Kier molecular flexibility index (Phi) is 1.87. The Hall–Kier alpha value is -1.22. The highest BCUT2D eigenvalue weighted by atomic mass is 32.1. The van der Waals surface area contributed by atoms with Gasteiger partial charge in [0, 0.05) is 22.8 Å². The van der Waals surface area contributed by atoms with Crippen molar-refractivity contribution in [3.63, 3.8) is 0 Å². The number of thiazole rings is 1. The Balaban J connectivity index is 2.51. The molecule has 2 aromatic heterocycles. The molecule has 0 saturated carbocycles. The lowest BCUT2D eigenvalue weighted by molar-refractivity contribution is 1.30. The van der Waals surface area contributed by atoms with Gasteiger partial charge in [-0.25, -0.2) is 4.98 Å². The van der Waals surface area contributed by atoms with Gasteiger partial charge >= 0.3 is 0 Å². The molecule has 0 aromatic carbocycles. The van der Waals surface area contributed by atoms with Crippen LogP contribution in [0.2, 0.25) is 0 Å².